The summed E-state index contributed by atoms with van der Waals surface area (Å²) in [4.78, 5) is 22.3. The maximum atomic E-state index is 11.7. The normalized spacial score (nSPS) is 11.7. The fourth-order valence-electron chi connectivity index (χ4n) is 1.39. The Morgan fingerprint density at radius 2 is 1.94 bits per heavy atom. The van der Waals surface area contributed by atoms with Crippen LogP contribution in [-0.2, 0) is 16.0 Å². The highest BCUT2D eigenvalue weighted by Crippen LogP contribution is 2.10. The van der Waals surface area contributed by atoms with Crippen molar-refractivity contribution in [1.29, 1.82) is 0 Å². The molecule has 0 heterocycles. The molecule has 0 radical (unpaired) electrons. The molecule has 0 saturated carbocycles. The van der Waals surface area contributed by atoms with Crippen LogP contribution in [0.5, 0.6) is 0 Å². The molecule has 1 aromatic carbocycles. The van der Waals surface area contributed by atoms with Crippen LogP contribution >= 0.6 is 0 Å². The Balaban J connectivity index is 2.77. The van der Waals surface area contributed by atoms with Crippen LogP contribution in [0.25, 0.3) is 0 Å². The van der Waals surface area contributed by atoms with Gasteiger partial charge >= 0.3 is 5.97 Å². The Hall–Kier alpha value is -2.14. The van der Waals surface area contributed by atoms with Gasteiger partial charge in [0.15, 0.2) is 5.76 Å². The summed E-state index contributed by atoms with van der Waals surface area (Å²) in [5.74, 6) is -1.29. The number of hydrogen-bond acceptors (Lipinski definition) is 4. The number of carbonyl (C=O) groups is 2. The number of Topliss-reactive ketones (excluding diaryl/α,β-unsaturated/α-hetero) is 1. The quantitative estimate of drug-likeness (QED) is 0.445. The number of nitrogens with two attached hydrogens (primary N) is 1. The average Bonchev–Trinajstić information content (AvgIpc) is 2.37. The first-order valence-corrected chi connectivity index (χ1v) is 5.30. The van der Waals surface area contributed by atoms with E-state index in [2.05, 4.69) is 6.58 Å². The van der Waals surface area contributed by atoms with Crippen LogP contribution in [0.4, 0.5) is 0 Å². The Labute approximate surface area is 105 Å². The lowest BCUT2D eigenvalue weighted by Gasteiger charge is -2.07. The molecule has 0 bridgehead atoms. The molecule has 3 N–H and O–H groups in total. The molecule has 5 nitrogen and oxygen atoms in total. The van der Waals surface area contributed by atoms with Crippen molar-refractivity contribution in [2.24, 2.45) is 5.73 Å². The number of aliphatic carboxylic acids is 1. The zero-order valence-electron chi connectivity index (χ0n) is 10.1. The van der Waals surface area contributed by atoms with E-state index in [1.807, 2.05) is 0 Å². The van der Waals surface area contributed by atoms with Crippen molar-refractivity contribution in [3.8, 4) is 0 Å². The summed E-state index contributed by atoms with van der Waals surface area (Å²) >= 11 is 0. The summed E-state index contributed by atoms with van der Waals surface area (Å²) in [5.41, 5.74) is 6.61. The summed E-state index contributed by atoms with van der Waals surface area (Å²) in [5, 5.41) is 8.68. The van der Waals surface area contributed by atoms with Gasteiger partial charge in [-0.3, -0.25) is 9.59 Å². The summed E-state index contributed by atoms with van der Waals surface area (Å²) < 4.78 is 4.75. The molecule has 1 atom stereocenters. The molecule has 1 aromatic rings. The number of methoxy groups -OCH3 is 1. The monoisotopic (exact) mass is 249 g/mol. The van der Waals surface area contributed by atoms with Crippen molar-refractivity contribution in [3.05, 3.63) is 47.7 Å². The number of carboxylic acids is 1. The van der Waals surface area contributed by atoms with E-state index in [0.29, 0.717) is 5.56 Å². The van der Waals surface area contributed by atoms with Crippen LogP contribution in [0.1, 0.15) is 15.9 Å². The number of carbonyl (C=O) groups excluding carboxylic acids is 1. The minimum Gasteiger partial charge on any atom is -0.493 e. The van der Waals surface area contributed by atoms with Gasteiger partial charge in [-0.2, -0.15) is 0 Å². The predicted molar refractivity (Wildman–Crippen MR) is 66.2 cm³/mol. The molecule has 18 heavy (non-hydrogen) atoms. The van der Waals surface area contributed by atoms with Crippen LogP contribution in [0, 0.1) is 0 Å². The first kappa shape index (κ1) is 13.9. The van der Waals surface area contributed by atoms with Gasteiger partial charge in [0, 0.05) is 5.56 Å². The second-order valence-corrected chi connectivity index (χ2v) is 3.80. The van der Waals surface area contributed by atoms with E-state index in [1.54, 1.807) is 24.3 Å². The van der Waals surface area contributed by atoms with Gasteiger partial charge in [0.1, 0.15) is 6.04 Å². The summed E-state index contributed by atoms with van der Waals surface area (Å²) in [6.45, 7) is 3.47. The Morgan fingerprint density at radius 3 is 2.39 bits per heavy atom. The fourth-order valence-corrected chi connectivity index (χ4v) is 1.39. The second-order valence-electron chi connectivity index (χ2n) is 3.80. The fraction of sp³-hybridized carbons (Fsp3) is 0.231. The third-order valence-corrected chi connectivity index (χ3v) is 2.49. The van der Waals surface area contributed by atoms with Crippen molar-refractivity contribution in [2.45, 2.75) is 12.5 Å². The van der Waals surface area contributed by atoms with Crippen molar-refractivity contribution in [2.75, 3.05) is 7.11 Å². The van der Waals surface area contributed by atoms with E-state index < -0.39 is 12.0 Å². The van der Waals surface area contributed by atoms with Crippen molar-refractivity contribution in [3.63, 3.8) is 0 Å². The highest BCUT2D eigenvalue weighted by atomic mass is 16.5. The van der Waals surface area contributed by atoms with Gasteiger partial charge in [-0.25, -0.2) is 0 Å². The van der Waals surface area contributed by atoms with Gasteiger partial charge in [0.25, 0.3) is 0 Å². The van der Waals surface area contributed by atoms with Gasteiger partial charge in [0.05, 0.1) is 7.11 Å². The van der Waals surface area contributed by atoms with Gasteiger partial charge < -0.3 is 15.6 Å². The van der Waals surface area contributed by atoms with Gasteiger partial charge in [-0.1, -0.05) is 30.8 Å². The van der Waals surface area contributed by atoms with Crippen LogP contribution in [0.2, 0.25) is 0 Å². The number of ether oxygens (including phenoxy) is 1. The number of benzene rings is 1. The molecular weight excluding hydrogens is 234 g/mol. The van der Waals surface area contributed by atoms with E-state index in [9.17, 15) is 9.59 Å². The number of carboxylic acid groups (broad SMARTS) is 1. The Morgan fingerprint density at radius 1 is 1.39 bits per heavy atom. The molecule has 96 valence electrons. The second kappa shape index (κ2) is 5.97. The molecule has 1 rings (SSSR count). The Bertz CT molecular complexity index is 464. The van der Waals surface area contributed by atoms with Gasteiger partial charge in [-0.05, 0) is 12.0 Å². The minimum atomic E-state index is -1.05. The van der Waals surface area contributed by atoms with Crippen LogP contribution in [0.3, 0.4) is 0 Å². The van der Waals surface area contributed by atoms with Gasteiger partial charge in [-0.15, -0.1) is 0 Å². The molecule has 0 aliphatic heterocycles. The highest BCUT2D eigenvalue weighted by Gasteiger charge is 2.13. The molecule has 0 saturated heterocycles. The third kappa shape index (κ3) is 3.43. The summed E-state index contributed by atoms with van der Waals surface area (Å²) in [6.07, 6.45) is 0.217. The topological polar surface area (TPSA) is 89.6 Å². The van der Waals surface area contributed by atoms with Crippen molar-refractivity contribution in [1.82, 2.24) is 0 Å². The molecule has 5 heteroatoms. The van der Waals surface area contributed by atoms with E-state index in [-0.39, 0.29) is 18.0 Å². The Kier molecular flexibility index (Phi) is 4.62. The van der Waals surface area contributed by atoms with E-state index in [1.165, 1.54) is 7.11 Å². The van der Waals surface area contributed by atoms with Crippen LogP contribution < -0.4 is 5.73 Å². The maximum absolute atomic E-state index is 11.7. The predicted octanol–water partition coefficient (Wildman–Crippen LogP) is 0.984. The number of allylic oxidation sites excluding steroid dienone is 1. The van der Waals surface area contributed by atoms with Crippen molar-refractivity contribution >= 4 is 11.8 Å². The standard InChI is InChI=1S/C13H15NO4/c1-8(18-2)12(15)10-5-3-9(4-6-10)7-11(14)13(16)17/h3-6,11H,1,7,14H2,2H3,(H,16,17)/t11-/m0/s1. The molecule has 0 fully saturated rings. The molecule has 0 aliphatic carbocycles. The number of ketones is 1. The molecule has 0 aliphatic rings. The number of rotatable bonds is 6. The first-order valence-electron chi connectivity index (χ1n) is 5.30. The molecular formula is C13H15NO4. The lowest BCUT2D eigenvalue weighted by Crippen LogP contribution is -2.32. The summed E-state index contributed by atoms with van der Waals surface area (Å²) in [7, 11) is 1.38. The third-order valence-electron chi connectivity index (χ3n) is 2.49. The van der Waals surface area contributed by atoms with Crippen molar-refractivity contribution < 1.29 is 19.4 Å². The zero-order chi connectivity index (χ0) is 13.7. The van der Waals surface area contributed by atoms with E-state index in [4.69, 9.17) is 15.6 Å². The minimum absolute atomic E-state index is 0.0602. The van der Waals surface area contributed by atoms with Gasteiger partial charge in [0.2, 0.25) is 5.78 Å². The average molecular weight is 249 g/mol. The number of hydrogen-bond donors (Lipinski definition) is 2. The van der Waals surface area contributed by atoms with Crippen LogP contribution in [0.15, 0.2) is 36.6 Å². The highest BCUT2D eigenvalue weighted by molar-refractivity contribution is 6.06. The van der Waals surface area contributed by atoms with E-state index >= 15 is 0 Å². The maximum Gasteiger partial charge on any atom is 0.320 e. The SMILES string of the molecule is C=C(OC)C(=O)c1ccc(C[C@H](N)C(=O)O)cc1. The molecule has 0 spiro atoms. The zero-order valence-corrected chi connectivity index (χ0v) is 10.1. The summed E-state index contributed by atoms with van der Waals surface area (Å²) in [6, 6.07) is 5.57. The first-order chi connectivity index (χ1) is 8.45. The lowest BCUT2D eigenvalue weighted by molar-refractivity contribution is -0.138. The molecule has 0 unspecified atom stereocenters. The van der Waals surface area contributed by atoms with E-state index in [0.717, 1.165) is 5.56 Å². The molecule has 0 amide bonds. The smallest absolute Gasteiger partial charge is 0.320 e. The largest absolute Gasteiger partial charge is 0.493 e. The van der Waals surface area contributed by atoms with Crippen LogP contribution in [-0.4, -0.2) is 30.0 Å². The lowest BCUT2D eigenvalue weighted by atomic mass is 10.0. The molecule has 0 aromatic heterocycles.